The van der Waals surface area contributed by atoms with Gasteiger partial charge in [0.2, 0.25) is 0 Å². The van der Waals surface area contributed by atoms with Crippen molar-refractivity contribution in [2.45, 2.75) is 38.6 Å². The van der Waals surface area contributed by atoms with Gasteiger partial charge in [-0.2, -0.15) is 18.3 Å². The third kappa shape index (κ3) is 5.37. The maximum absolute atomic E-state index is 13.6. The number of ether oxygens (including phenoxy) is 1. The van der Waals surface area contributed by atoms with Gasteiger partial charge in [0.1, 0.15) is 12.4 Å². The van der Waals surface area contributed by atoms with Crippen molar-refractivity contribution in [1.82, 2.24) is 9.78 Å². The van der Waals surface area contributed by atoms with Gasteiger partial charge in [0.15, 0.2) is 0 Å². The summed E-state index contributed by atoms with van der Waals surface area (Å²) >= 11 is 0. The van der Waals surface area contributed by atoms with Gasteiger partial charge in [-0.3, -0.25) is 0 Å². The Morgan fingerprint density at radius 2 is 1.58 bits per heavy atom. The molecule has 0 saturated heterocycles. The van der Waals surface area contributed by atoms with Gasteiger partial charge in [-0.25, -0.2) is 4.68 Å². The van der Waals surface area contributed by atoms with E-state index in [2.05, 4.69) is 19.6 Å². The molecular formula is C26H27F3N2OSi. The molecule has 0 amide bonds. The van der Waals surface area contributed by atoms with E-state index in [1.165, 1.54) is 12.1 Å². The zero-order valence-corrected chi connectivity index (χ0v) is 20.0. The van der Waals surface area contributed by atoms with Crippen molar-refractivity contribution in [3.8, 4) is 22.4 Å². The van der Waals surface area contributed by atoms with Gasteiger partial charge in [0.25, 0.3) is 0 Å². The SMILES string of the molecule is C[Si](C)(C)CCOCn1nc(-c2ccccc2)c2cc(-c3ccccc3C(F)(F)F)ccc21. The van der Waals surface area contributed by atoms with Gasteiger partial charge in [0.05, 0.1) is 11.1 Å². The van der Waals surface area contributed by atoms with Crippen LogP contribution in [0.25, 0.3) is 33.3 Å². The van der Waals surface area contributed by atoms with E-state index in [9.17, 15) is 13.2 Å². The lowest BCUT2D eigenvalue weighted by molar-refractivity contribution is -0.137. The molecule has 0 aliphatic carbocycles. The summed E-state index contributed by atoms with van der Waals surface area (Å²) in [7, 11) is -1.21. The summed E-state index contributed by atoms with van der Waals surface area (Å²) in [6.07, 6.45) is -4.43. The molecule has 0 aliphatic rings. The first-order chi connectivity index (χ1) is 15.6. The maximum Gasteiger partial charge on any atom is 0.417 e. The van der Waals surface area contributed by atoms with Crippen LogP contribution in [0.1, 0.15) is 5.56 Å². The van der Waals surface area contributed by atoms with E-state index in [0.29, 0.717) is 18.9 Å². The minimum atomic E-state index is -4.43. The van der Waals surface area contributed by atoms with Crippen LogP contribution in [0.5, 0.6) is 0 Å². The summed E-state index contributed by atoms with van der Waals surface area (Å²) in [6.45, 7) is 7.86. The predicted molar refractivity (Wildman–Crippen MR) is 130 cm³/mol. The molecule has 0 unspecified atom stereocenters. The first kappa shape index (κ1) is 23.3. The molecule has 4 rings (SSSR count). The largest absolute Gasteiger partial charge is 0.417 e. The van der Waals surface area contributed by atoms with Crippen LogP contribution in [0, 0.1) is 0 Å². The molecule has 0 atom stereocenters. The highest BCUT2D eigenvalue weighted by Gasteiger charge is 2.33. The van der Waals surface area contributed by atoms with Crippen molar-refractivity contribution in [1.29, 1.82) is 0 Å². The average molecular weight is 469 g/mol. The van der Waals surface area contributed by atoms with E-state index in [-0.39, 0.29) is 5.56 Å². The van der Waals surface area contributed by atoms with Crippen molar-refractivity contribution < 1.29 is 17.9 Å². The molecule has 0 saturated carbocycles. The van der Waals surface area contributed by atoms with E-state index in [0.717, 1.165) is 34.3 Å². The first-order valence-corrected chi connectivity index (χ1v) is 14.6. The number of benzene rings is 3. The standard InChI is InChI=1S/C26H27F3N2OSi/c1-33(2,3)16-15-32-18-31-24-14-13-20(21-11-7-8-12-23(21)26(27,28)29)17-22(24)25(30-31)19-9-5-4-6-10-19/h4-14,17H,15-16,18H2,1-3H3. The second-order valence-corrected chi connectivity index (χ2v) is 15.0. The van der Waals surface area contributed by atoms with Crippen LogP contribution in [0.15, 0.2) is 72.8 Å². The fourth-order valence-electron chi connectivity index (χ4n) is 3.77. The molecular weight excluding hydrogens is 441 g/mol. The minimum absolute atomic E-state index is 0.157. The number of rotatable bonds is 7. The van der Waals surface area contributed by atoms with E-state index < -0.39 is 19.8 Å². The van der Waals surface area contributed by atoms with Crippen molar-refractivity contribution in [2.24, 2.45) is 0 Å². The Kier molecular flexibility index (Phi) is 6.45. The van der Waals surface area contributed by atoms with Gasteiger partial charge in [-0.05, 0) is 35.4 Å². The van der Waals surface area contributed by atoms with Crippen LogP contribution in [-0.4, -0.2) is 24.5 Å². The lowest BCUT2D eigenvalue weighted by Gasteiger charge is -2.15. The molecule has 0 radical (unpaired) electrons. The van der Waals surface area contributed by atoms with Crippen LogP contribution in [0.4, 0.5) is 13.2 Å². The number of hydrogen-bond acceptors (Lipinski definition) is 2. The molecule has 4 aromatic rings. The molecule has 1 heterocycles. The van der Waals surface area contributed by atoms with Gasteiger partial charge in [0, 0.05) is 25.6 Å². The number of aromatic nitrogens is 2. The predicted octanol–water partition coefficient (Wildman–Crippen LogP) is 7.70. The smallest absolute Gasteiger partial charge is 0.360 e. The van der Waals surface area contributed by atoms with Crippen molar-refractivity contribution in [2.75, 3.05) is 6.61 Å². The molecule has 0 fully saturated rings. The second-order valence-electron chi connectivity index (χ2n) is 9.34. The third-order valence-corrected chi connectivity index (χ3v) is 7.26. The van der Waals surface area contributed by atoms with E-state index in [4.69, 9.17) is 9.84 Å². The third-order valence-electron chi connectivity index (χ3n) is 5.55. The van der Waals surface area contributed by atoms with Crippen molar-refractivity contribution >= 4 is 19.0 Å². The monoisotopic (exact) mass is 468 g/mol. The topological polar surface area (TPSA) is 27.1 Å². The van der Waals surface area contributed by atoms with Crippen molar-refractivity contribution in [3.63, 3.8) is 0 Å². The molecule has 7 heteroatoms. The number of hydrogen-bond donors (Lipinski definition) is 0. The highest BCUT2D eigenvalue weighted by molar-refractivity contribution is 6.76. The Hall–Kier alpha value is -2.90. The first-order valence-electron chi connectivity index (χ1n) is 10.9. The zero-order valence-electron chi connectivity index (χ0n) is 19.0. The Bertz CT molecular complexity index is 1240. The van der Waals surface area contributed by atoms with Crippen LogP contribution < -0.4 is 0 Å². The lowest BCUT2D eigenvalue weighted by Crippen LogP contribution is -2.22. The summed E-state index contributed by atoms with van der Waals surface area (Å²) < 4.78 is 48.6. The number of alkyl halides is 3. The summed E-state index contributed by atoms with van der Waals surface area (Å²) in [5.74, 6) is 0. The van der Waals surface area contributed by atoms with Gasteiger partial charge < -0.3 is 4.74 Å². The summed E-state index contributed by atoms with van der Waals surface area (Å²) in [4.78, 5) is 0. The Morgan fingerprint density at radius 3 is 2.27 bits per heavy atom. The Labute approximate surface area is 192 Å². The van der Waals surface area contributed by atoms with Gasteiger partial charge >= 0.3 is 6.18 Å². The number of halogens is 3. The summed E-state index contributed by atoms with van der Waals surface area (Å²) in [5.41, 5.74) is 2.48. The minimum Gasteiger partial charge on any atom is -0.360 e. The Balaban J connectivity index is 1.77. The molecule has 3 aromatic carbocycles. The van der Waals surface area contributed by atoms with Gasteiger partial charge in [-0.1, -0.05) is 74.2 Å². The fourth-order valence-corrected chi connectivity index (χ4v) is 4.52. The molecule has 33 heavy (non-hydrogen) atoms. The molecule has 0 spiro atoms. The van der Waals surface area contributed by atoms with E-state index in [1.54, 1.807) is 22.9 Å². The van der Waals surface area contributed by atoms with Gasteiger partial charge in [-0.15, -0.1) is 0 Å². The summed E-state index contributed by atoms with van der Waals surface area (Å²) in [5, 5.41) is 5.58. The van der Waals surface area contributed by atoms with E-state index >= 15 is 0 Å². The molecule has 3 nitrogen and oxygen atoms in total. The molecule has 0 bridgehead atoms. The zero-order chi connectivity index (χ0) is 23.6. The Morgan fingerprint density at radius 1 is 0.879 bits per heavy atom. The lowest BCUT2D eigenvalue weighted by atomic mass is 9.97. The normalized spacial score (nSPS) is 12.4. The molecule has 0 aliphatic heterocycles. The average Bonchev–Trinajstić information content (AvgIpc) is 3.14. The van der Waals surface area contributed by atoms with Crippen LogP contribution in [-0.2, 0) is 17.6 Å². The molecule has 0 N–H and O–H groups in total. The van der Waals surface area contributed by atoms with Crippen LogP contribution in [0.3, 0.4) is 0 Å². The second kappa shape index (κ2) is 9.15. The summed E-state index contributed by atoms with van der Waals surface area (Å²) in [6, 6.07) is 21.8. The number of fused-ring (bicyclic) bond motifs is 1. The number of nitrogens with zero attached hydrogens (tertiary/aromatic N) is 2. The quantitative estimate of drug-likeness (QED) is 0.205. The van der Waals surface area contributed by atoms with Crippen LogP contribution >= 0.6 is 0 Å². The highest BCUT2D eigenvalue weighted by atomic mass is 28.3. The fraction of sp³-hybridized carbons (Fsp3) is 0.269. The maximum atomic E-state index is 13.6. The highest BCUT2D eigenvalue weighted by Crippen LogP contribution is 2.39. The van der Waals surface area contributed by atoms with Crippen molar-refractivity contribution in [3.05, 3.63) is 78.4 Å². The molecule has 1 aromatic heterocycles. The van der Waals surface area contributed by atoms with E-state index in [1.807, 2.05) is 36.4 Å². The molecule has 172 valence electrons. The van der Waals surface area contributed by atoms with Crippen LogP contribution in [0.2, 0.25) is 25.7 Å².